The molecule has 0 bridgehead atoms. The minimum absolute atomic E-state index is 0.00543. The van der Waals surface area contributed by atoms with Crippen LogP contribution in [0.5, 0.6) is 0 Å². The van der Waals surface area contributed by atoms with Gasteiger partial charge in [-0.3, -0.25) is 9.59 Å². The maximum absolute atomic E-state index is 11.7. The number of anilines is 1. The molecule has 1 unspecified atom stereocenters. The highest BCUT2D eigenvalue weighted by atomic mass is 35.5. The van der Waals surface area contributed by atoms with Gasteiger partial charge in [0.05, 0.1) is 32.9 Å². The van der Waals surface area contributed by atoms with E-state index >= 15 is 0 Å². The summed E-state index contributed by atoms with van der Waals surface area (Å²) in [6.07, 6.45) is 0.00543. The van der Waals surface area contributed by atoms with Crippen molar-refractivity contribution < 1.29 is 14.7 Å². The fourth-order valence-electron chi connectivity index (χ4n) is 1.33. The van der Waals surface area contributed by atoms with Gasteiger partial charge in [0.15, 0.2) is 0 Å². The molecular weight excluding hydrogens is 345 g/mol. The number of amides is 1. The average molecular weight is 357 g/mol. The van der Waals surface area contributed by atoms with Crippen LogP contribution in [0.25, 0.3) is 0 Å². The van der Waals surface area contributed by atoms with Crippen LogP contribution in [-0.2, 0) is 9.59 Å². The molecule has 1 rings (SSSR count). The van der Waals surface area contributed by atoms with Gasteiger partial charge in [-0.25, -0.2) is 0 Å². The Morgan fingerprint density at radius 1 is 1.25 bits per heavy atom. The van der Waals surface area contributed by atoms with Crippen molar-refractivity contribution in [2.24, 2.45) is 0 Å². The number of carbonyl (C=O) groups is 2. The molecular formula is C12H12Cl3NO3S. The third kappa shape index (κ3) is 5.79. The molecule has 0 saturated heterocycles. The fourth-order valence-corrected chi connectivity index (χ4v) is 2.69. The summed E-state index contributed by atoms with van der Waals surface area (Å²) in [5.74, 6) is -1.05. The average Bonchev–Trinajstić information content (AvgIpc) is 2.32. The summed E-state index contributed by atoms with van der Waals surface area (Å²) in [4.78, 5) is 22.2. The van der Waals surface area contributed by atoms with E-state index in [1.807, 2.05) is 0 Å². The SMILES string of the molecule is CC(CC(=O)O)SCC(=O)Nc1cc(Cl)c(Cl)cc1Cl. The Morgan fingerprint density at radius 2 is 1.85 bits per heavy atom. The maximum Gasteiger partial charge on any atom is 0.304 e. The second kappa shape index (κ2) is 7.98. The van der Waals surface area contributed by atoms with Crippen molar-refractivity contribution in [3.05, 3.63) is 27.2 Å². The third-order valence-electron chi connectivity index (χ3n) is 2.25. The predicted molar refractivity (Wildman–Crippen MR) is 84.3 cm³/mol. The Kier molecular flexibility index (Phi) is 6.95. The number of carbonyl (C=O) groups excluding carboxylic acids is 1. The number of carboxylic acid groups (broad SMARTS) is 1. The van der Waals surface area contributed by atoms with Gasteiger partial charge in [0.2, 0.25) is 5.91 Å². The van der Waals surface area contributed by atoms with Crippen molar-refractivity contribution >= 4 is 64.1 Å². The quantitative estimate of drug-likeness (QED) is 0.750. The molecule has 8 heteroatoms. The minimum atomic E-state index is -0.891. The molecule has 4 nitrogen and oxygen atoms in total. The number of hydrogen-bond donors (Lipinski definition) is 2. The third-order valence-corrected chi connectivity index (χ3v) is 4.44. The van der Waals surface area contributed by atoms with Crippen LogP contribution < -0.4 is 5.32 Å². The van der Waals surface area contributed by atoms with Crippen LogP contribution in [-0.4, -0.2) is 28.0 Å². The first-order chi connectivity index (χ1) is 9.29. The Morgan fingerprint density at radius 3 is 2.45 bits per heavy atom. The van der Waals surface area contributed by atoms with Gasteiger partial charge in [0.1, 0.15) is 0 Å². The Bertz CT molecular complexity index is 525. The highest BCUT2D eigenvalue weighted by Crippen LogP contribution is 2.32. The number of thioether (sulfide) groups is 1. The number of carboxylic acids is 1. The molecule has 0 spiro atoms. The van der Waals surface area contributed by atoms with Crippen molar-refractivity contribution in [2.45, 2.75) is 18.6 Å². The lowest BCUT2D eigenvalue weighted by Gasteiger charge is -2.10. The van der Waals surface area contributed by atoms with E-state index in [9.17, 15) is 9.59 Å². The summed E-state index contributed by atoms with van der Waals surface area (Å²) in [7, 11) is 0. The number of rotatable bonds is 6. The van der Waals surface area contributed by atoms with Gasteiger partial charge >= 0.3 is 5.97 Å². The molecule has 20 heavy (non-hydrogen) atoms. The lowest BCUT2D eigenvalue weighted by molar-refractivity contribution is -0.136. The maximum atomic E-state index is 11.7. The van der Waals surface area contributed by atoms with Gasteiger partial charge in [-0.15, -0.1) is 11.8 Å². The zero-order valence-electron chi connectivity index (χ0n) is 10.5. The van der Waals surface area contributed by atoms with Gasteiger partial charge in [-0.1, -0.05) is 41.7 Å². The standard InChI is InChI=1S/C12H12Cl3NO3S/c1-6(2-12(18)19)20-5-11(17)16-10-4-8(14)7(13)3-9(10)15/h3-4,6H,2,5H2,1H3,(H,16,17)(H,18,19). The number of halogens is 3. The van der Waals surface area contributed by atoms with Crippen LogP contribution in [0, 0.1) is 0 Å². The molecule has 0 aliphatic rings. The zero-order chi connectivity index (χ0) is 15.3. The van der Waals surface area contributed by atoms with Crippen LogP contribution in [0.3, 0.4) is 0 Å². The Hall–Kier alpha value is -0.620. The van der Waals surface area contributed by atoms with E-state index in [1.54, 1.807) is 6.92 Å². The molecule has 1 atom stereocenters. The lowest BCUT2D eigenvalue weighted by atomic mass is 10.3. The van der Waals surface area contributed by atoms with Gasteiger partial charge in [0, 0.05) is 5.25 Å². The Balaban J connectivity index is 2.55. The summed E-state index contributed by atoms with van der Waals surface area (Å²) in [6.45, 7) is 1.75. The molecule has 0 radical (unpaired) electrons. The first kappa shape index (κ1) is 17.4. The topological polar surface area (TPSA) is 66.4 Å². The van der Waals surface area contributed by atoms with Crippen molar-refractivity contribution in [2.75, 3.05) is 11.1 Å². The van der Waals surface area contributed by atoms with Crippen LogP contribution in [0.15, 0.2) is 12.1 Å². The molecule has 1 amide bonds. The zero-order valence-corrected chi connectivity index (χ0v) is 13.5. The van der Waals surface area contributed by atoms with Crippen LogP contribution in [0.4, 0.5) is 5.69 Å². The fraction of sp³-hybridized carbons (Fsp3) is 0.333. The van der Waals surface area contributed by atoms with E-state index in [2.05, 4.69) is 5.32 Å². The van der Waals surface area contributed by atoms with Crippen molar-refractivity contribution in [3.8, 4) is 0 Å². The monoisotopic (exact) mass is 355 g/mol. The summed E-state index contributed by atoms with van der Waals surface area (Å²) in [5.41, 5.74) is 0.373. The minimum Gasteiger partial charge on any atom is -0.481 e. The molecule has 0 saturated carbocycles. The second-order valence-electron chi connectivity index (χ2n) is 4.01. The van der Waals surface area contributed by atoms with Crippen molar-refractivity contribution in [1.82, 2.24) is 0 Å². The van der Waals surface area contributed by atoms with Gasteiger partial charge in [0.25, 0.3) is 0 Å². The van der Waals surface area contributed by atoms with Gasteiger partial charge in [-0.2, -0.15) is 0 Å². The summed E-state index contributed by atoms with van der Waals surface area (Å²) in [5, 5.41) is 12.0. The van der Waals surface area contributed by atoms with E-state index in [-0.39, 0.29) is 28.4 Å². The molecule has 1 aromatic carbocycles. The van der Waals surface area contributed by atoms with Gasteiger partial charge < -0.3 is 10.4 Å². The van der Waals surface area contributed by atoms with E-state index in [0.29, 0.717) is 15.7 Å². The molecule has 1 aromatic rings. The summed E-state index contributed by atoms with van der Waals surface area (Å²) in [6, 6.07) is 2.91. The Labute approximate surface area is 135 Å². The van der Waals surface area contributed by atoms with Crippen molar-refractivity contribution in [1.29, 1.82) is 0 Å². The van der Waals surface area contributed by atoms with Gasteiger partial charge in [-0.05, 0) is 12.1 Å². The highest BCUT2D eigenvalue weighted by molar-refractivity contribution is 8.00. The van der Waals surface area contributed by atoms with Crippen molar-refractivity contribution in [3.63, 3.8) is 0 Å². The second-order valence-corrected chi connectivity index (χ2v) is 6.66. The molecule has 2 N–H and O–H groups in total. The molecule has 0 aliphatic heterocycles. The molecule has 0 aliphatic carbocycles. The van der Waals surface area contributed by atoms with E-state index in [4.69, 9.17) is 39.9 Å². The molecule has 0 aromatic heterocycles. The lowest BCUT2D eigenvalue weighted by Crippen LogP contribution is -2.17. The first-order valence-electron chi connectivity index (χ1n) is 5.57. The molecule has 0 fully saturated rings. The van der Waals surface area contributed by atoms with Crippen LogP contribution in [0.2, 0.25) is 15.1 Å². The molecule has 0 heterocycles. The van der Waals surface area contributed by atoms with E-state index in [1.165, 1.54) is 23.9 Å². The number of hydrogen-bond acceptors (Lipinski definition) is 3. The summed E-state index contributed by atoms with van der Waals surface area (Å²) >= 11 is 18.8. The largest absolute Gasteiger partial charge is 0.481 e. The summed E-state index contributed by atoms with van der Waals surface area (Å²) < 4.78 is 0. The highest BCUT2D eigenvalue weighted by Gasteiger charge is 2.13. The van der Waals surface area contributed by atoms with E-state index in [0.717, 1.165) is 0 Å². The van der Waals surface area contributed by atoms with E-state index < -0.39 is 5.97 Å². The first-order valence-corrected chi connectivity index (χ1v) is 7.75. The van der Waals surface area contributed by atoms with Crippen LogP contribution >= 0.6 is 46.6 Å². The molecule has 110 valence electrons. The normalized spacial score (nSPS) is 12.0. The number of nitrogens with one attached hydrogen (secondary N) is 1. The smallest absolute Gasteiger partial charge is 0.304 e. The number of aliphatic carboxylic acids is 1. The number of benzene rings is 1. The van der Waals surface area contributed by atoms with Crippen LogP contribution in [0.1, 0.15) is 13.3 Å². The predicted octanol–water partition coefficient (Wildman–Crippen LogP) is 4.18.